The lowest BCUT2D eigenvalue weighted by Crippen LogP contribution is -2.07. The molecule has 0 amide bonds. The molecule has 0 saturated heterocycles. The van der Waals surface area contributed by atoms with Crippen molar-refractivity contribution in [2.75, 3.05) is 5.75 Å². The highest BCUT2D eigenvalue weighted by Crippen LogP contribution is 2.33. The molecule has 82 valence electrons. The second-order valence-electron chi connectivity index (χ2n) is 4.00. The first kappa shape index (κ1) is 10.6. The smallest absolute Gasteiger partial charge is 0.178 e. The largest absolute Gasteiger partial charge is 0.224 e. The van der Waals surface area contributed by atoms with E-state index in [9.17, 15) is 12.8 Å². The van der Waals surface area contributed by atoms with Gasteiger partial charge in [0.25, 0.3) is 0 Å². The van der Waals surface area contributed by atoms with Crippen LogP contribution in [0.2, 0.25) is 0 Å². The molecule has 0 radical (unpaired) electrons. The monoisotopic (exact) mass is 228 g/mol. The Morgan fingerprint density at radius 2 is 1.80 bits per heavy atom. The van der Waals surface area contributed by atoms with Crippen molar-refractivity contribution in [3.63, 3.8) is 0 Å². The summed E-state index contributed by atoms with van der Waals surface area (Å²) in [6.45, 7) is 0. The Morgan fingerprint density at radius 1 is 1.20 bits per heavy atom. The Labute approximate surface area is 89.0 Å². The molecule has 1 aromatic carbocycles. The van der Waals surface area contributed by atoms with Gasteiger partial charge < -0.3 is 0 Å². The predicted molar refractivity (Wildman–Crippen MR) is 55.8 cm³/mol. The highest BCUT2D eigenvalue weighted by Gasteiger charge is 2.24. The van der Waals surface area contributed by atoms with E-state index in [0.29, 0.717) is 5.92 Å². The molecule has 0 aliphatic heterocycles. The molecular formula is C11H13FO2S. The third-order valence-corrected chi connectivity index (χ3v) is 4.43. The molecule has 2 rings (SSSR count). The standard InChI is InChI=1S/C11H13FO2S/c12-10-3-5-11(6-4-10)15(13,14)8-7-9-1-2-9/h3-6,9H,1-2,7-8H2. The van der Waals surface area contributed by atoms with Crippen molar-refractivity contribution in [1.29, 1.82) is 0 Å². The molecule has 4 heteroatoms. The van der Waals surface area contributed by atoms with Crippen LogP contribution in [0.25, 0.3) is 0 Å². The quantitative estimate of drug-likeness (QED) is 0.741. The van der Waals surface area contributed by atoms with E-state index in [-0.39, 0.29) is 10.6 Å². The van der Waals surface area contributed by atoms with Crippen LogP contribution < -0.4 is 0 Å². The van der Waals surface area contributed by atoms with Gasteiger partial charge in [0.05, 0.1) is 10.6 Å². The van der Waals surface area contributed by atoms with E-state index < -0.39 is 15.7 Å². The number of rotatable bonds is 4. The Bertz CT molecular complexity index is 432. The van der Waals surface area contributed by atoms with Crippen LogP contribution in [0, 0.1) is 11.7 Å². The lowest BCUT2D eigenvalue weighted by molar-refractivity contribution is 0.589. The van der Waals surface area contributed by atoms with Crippen LogP contribution in [0.4, 0.5) is 4.39 Å². The first-order valence-corrected chi connectivity index (χ1v) is 6.71. The summed E-state index contributed by atoms with van der Waals surface area (Å²) in [6.07, 6.45) is 3.04. The van der Waals surface area contributed by atoms with Gasteiger partial charge in [-0.15, -0.1) is 0 Å². The molecule has 1 aliphatic carbocycles. The van der Waals surface area contributed by atoms with Gasteiger partial charge in [0.2, 0.25) is 0 Å². The molecule has 0 bridgehead atoms. The molecule has 0 spiro atoms. The second kappa shape index (κ2) is 3.93. The Balaban J connectivity index is 2.09. The van der Waals surface area contributed by atoms with Gasteiger partial charge in [-0.1, -0.05) is 12.8 Å². The molecule has 0 unspecified atom stereocenters. The highest BCUT2D eigenvalue weighted by molar-refractivity contribution is 7.91. The Kier molecular flexibility index (Phi) is 2.78. The molecule has 2 nitrogen and oxygen atoms in total. The zero-order valence-electron chi connectivity index (χ0n) is 8.32. The van der Waals surface area contributed by atoms with Crippen LogP contribution in [0.3, 0.4) is 0 Å². The van der Waals surface area contributed by atoms with Gasteiger partial charge in [-0.2, -0.15) is 0 Å². The summed E-state index contributed by atoms with van der Waals surface area (Å²) in [5.41, 5.74) is 0. The van der Waals surface area contributed by atoms with Gasteiger partial charge in [-0.05, 0) is 36.6 Å². The lowest BCUT2D eigenvalue weighted by Gasteiger charge is -2.03. The van der Waals surface area contributed by atoms with Gasteiger partial charge in [0.1, 0.15) is 5.82 Å². The summed E-state index contributed by atoms with van der Waals surface area (Å²) in [5, 5.41) is 0. The van der Waals surface area contributed by atoms with Gasteiger partial charge in [0, 0.05) is 0 Å². The normalized spacial score (nSPS) is 16.6. The van der Waals surface area contributed by atoms with Gasteiger partial charge >= 0.3 is 0 Å². The average Bonchev–Trinajstić information content (AvgIpc) is 2.99. The third kappa shape index (κ3) is 2.78. The second-order valence-corrected chi connectivity index (χ2v) is 6.11. The van der Waals surface area contributed by atoms with E-state index in [2.05, 4.69) is 0 Å². The predicted octanol–water partition coefficient (Wildman–Crippen LogP) is 2.40. The van der Waals surface area contributed by atoms with Crippen LogP contribution >= 0.6 is 0 Å². The molecule has 0 N–H and O–H groups in total. The van der Waals surface area contributed by atoms with Crippen LogP contribution in [-0.2, 0) is 9.84 Å². The summed E-state index contributed by atoms with van der Waals surface area (Å²) in [4.78, 5) is 0.226. The fraction of sp³-hybridized carbons (Fsp3) is 0.455. The van der Waals surface area contributed by atoms with Gasteiger partial charge in [-0.3, -0.25) is 0 Å². The number of hydrogen-bond donors (Lipinski definition) is 0. The SMILES string of the molecule is O=S(=O)(CCC1CC1)c1ccc(F)cc1. The molecule has 1 saturated carbocycles. The van der Waals surface area contributed by atoms with Crippen molar-refractivity contribution in [3.8, 4) is 0 Å². The summed E-state index contributed by atoms with van der Waals surface area (Å²) < 4.78 is 36.1. The number of benzene rings is 1. The topological polar surface area (TPSA) is 34.1 Å². The molecule has 1 aliphatic rings. The van der Waals surface area contributed by atoms with Crippen LogP contribution in [0.1, 0.15) is 19.3 Å². The third-order valence-electron chi connectivity index (χ3n) is 2.66. The number of sulfone groups is 1. The average molecular weight is 228 g/mol. The summed E-state index contributed by atoms with van der Waals surface area (Å²) in [7, 11) is -3.20. The van der Waals surface area contributed by atoms with Crippen molar-refractivity contribution in [1.82, 2.24) is 0 Å². The molecule has 1 aromatic rings. The molecule has 0 heterocycles. The highest BCUT2D eigenvalue weighted by atomic mass is 32.2. The van der Waals surface area contributed by atoms with Crippen molar-refractivity contribution in [2.24, 2.45) is 5.92 Å². The Hall–Kier alpha value is -0.900. The zero-order valence-corrected chi connectivity index (χ0v) is 9.13. The minimum atomic E-state index is -3.20. The number of halogens is 1. The van der Waals surface area contributed by atoms with E-state index in [1.165, 1.54) is 24.3 Å². The zero-order chi connectivity index (χ0) is 10.9. The fourth-order valence-corrected chi connectivity index (χ4v) is 2.92. The fourth-order valence-electron chi connectivity index (χ4n) is 1.49. The minimum Gasteiger partial charge on any atom is -0.224 e. The van der Waals surface area contributed by atoms with E-state index in [4.69, 9.17) is 0 Å². The maximum atomic E-state index is 12.6. The van der Waals surface area contributed by atoms with Crippen LogP contribution in [-0.4, -0.2) is 14.2 Å². The lowest BCUT2D eigenvalue weighted by atomic mass is 10.3. The van der Waals surface area contributed by atoms with Crippen molar-refractivity contribution in [2.45, 2.75) is 24.2 Å². The Morgan fingerprint density at radius 3 is 2.33 bits per heavy atom. The molecule has 0 aromatic heterocycles. The molecular weight excluding hydrogens is 215 g/mol. The summed E-state index contributed by atoms with van der Waals surface area (Å²) in [5.74, 6) is 0.375. The molecule has 15 heavy (non-hydrogen) atoms. The maximum Gasteiger partial charge on any atom is 0.178 e. The van der Waals surface area contributed by atoms with Crippen molar-refractivity contribution >= 4 is 9.84 Å². The van der Waals surface area contributed by atoms with E-state index >= 15 is 0 Å². The van der Waals surface area contributed by atoms with Crippen molar-refractivity contribution in [3.05, 3.63) is 30.1 Å². The molecule has 0 atom stereocenters. The maximum absolute atomic E-state index is 12.6. The molecule has 1 fully saturated rings. The van der Waals surface area contributed by atoms with Crippen molar-refractivity contribution < 1.29 is 12.8 Å². The van der Waals surface area contributed by atoms with Crippen LogP contribution in [0.15, 0.2) is 29.2 Å². The number of hydrogen-bond acceptors (Lipinski definition) is 2. The van der Waals surface area contributed by atoms with Crippen LogP contribution in [0.5, 0.6) is 0 Å². The summed E-state index contributed by atoms with van der Waals surface area (Å²) in [6, 6.07) is 5.03. The van der Waals surface area contributed by atoms with Gasteiger partial charge in [0.15, 0.2) is 9.84 Å². The van der Waals surface area contributed by atoms with Gasteiger partial charge in [-0.25, -0.2) is 12.8 Å². The minimum absolute atomic E-state index is 0.184. The first-order chi connectivity index (χ1) is 7.08. The first-order valence-electron chi connectivity index (χ1n) is 5.06. The summed E-state index contributed by atoms with van der Waals surface area (Å²) >= 11 is 0. The van der Waals surface area contributed by atoms with E-state index in [1.807, 2.05) is 0 Å². The van der Waals surface area contributed by atoms with E-state index in [0.717, 1.165) is 19.3 Å². The van der Waals surface area contributed by atoms with E-state index in [1.54, 1.807) is 0 Å².